The van der Waals surface area contributed by atoms with Crippen LogP contribution in [0.4, 0.5) is 19.3 Å². The molecule has 0 spiro atoms. The second-order valence-corrected chi connectivity index (χ2v) is 9.86. The first-order valence-corrected chi connectivity index (χ1v) is 9.42. The number of carbonyl (C=O) groups is 1. The van der Waals surface area contributed by atoms with Gasteiger partial charge in [-0.25, -0.2) is 13.6 Å². The number of nitrogens with zero attached hydrogens (tertiary/aromatic N) is 2. The van der Waals surface area contributed by atoms with Crippen LogP contribution in [0.15, 0.2) is 17.1 Å². The molecule has 1 saturated carbocycles. The van der Waals surface area contributed by atoms with E-state index in [1.54, 1.807) is 6.92 Å². The van der Waals surface area contributed by atoms with Gasteiger partial charge < -0.3 is 21.5 Å². The first kappa shape index (κ1) is 19.7. The van der Waals surface area contributed by atoms with Crippen LogP contribution in [0.3, 0.4) is 0 Å². The third-order valence-corrected chi connectivity index (χ3v) is 6.70. The fourth-order valence-electron chi connectivity index (χ4n) is 3.94. The summed E-state index contributed by atoms with van der Waals surface area (Å²) < 4.78 is 28.0. The Hall–Kier alpha value is -2.03. The number of amides is 1. The summed E-state index contributed by atoms with van der Waals surface area (Å²) in [4.78, 5) is 17.6. The summed E-state index contributed by atoms with van der Waals surface area (Å²) in [5, 5.41) is 9.86. The Kier molecular flexibility index (Phi) is 4.37. The number of benzene rings is 1. The number of hydrogen-bond donors (Lipinski definition) is 3. The first-order valence-electron chi connectivity index (χ1n) is 8.60. The molecule has 1 aliphatic carbocycles. The molecule has 1 heterocycles. The maximum Gasteiger partial charge on any atom is 0.407 e. The summed E-state index contributed by atoms with van der Waals surface area (Å²) in [5.41, 5.74) is 10.2. The first-order chi connectivity index (χ1) is 12.3. The summed E-state index contributed by atoms with van der Waals surface area (Å²) in [6.07, 6.45) is -0.444. The molecule has 0 saturated heterocycles. The Morgan fingerprint density at radius 2 is 2.04 bits per heavy atom. The number of nitrogens with two attached hydrogens (primary N) is 2. The number of anilines is 1. The van der Waals surface area contributed by atoms with Crippen molar-refractivity contribution in [2.24, 2.45) is 16.6 Å². The van der Waals surface area contributed by atoms with Crippen molar-refractivity contribution in [3.8, 4) is 0 Å². The molecular weight excluding hydrogens is 374 g/mol. The number of aliphatic imine (C=N–C) groups is 1. The zero-order valence-electron chi connectivity index (χ0n) is 15.7. The van der Waals surface area contributed by atoms with Crippen LogP contribution in [-0.2, 0) is 5.54 Å². The Bertz CT molecular complexity index is 841. The Balaban J connectivity index is 2.02. The van der Waals surface area contributed by atoms with E-state index in [2.05, 4.69) is 4.99 Å². The van der Waals surface area contributed by atoms with E-state index in [1.807, 2.05) is 20.8 Å². The maximum atomic E-state index is 14.6. The Labute approximate surface area is 161 Å². The maximum absolute atomic E-state index is 14.6. The van der Waals surface area contributed by atoms with E-state index >= 15 is 0 Å². The monoisotopic (exact) mass is 398 g/mol. The number of carboxylic acid groups (broad SMARTS) is 1. The highest BCUT2D eigenvalue weighted by molar-refractivity contribution is 8.15. The molecule has 3 atom stereocenters. The lowest BCUT2D eigenvalue weighted by atomic mass is 9.85. The molecule has 0 aromatic heterocycles. The number of amidine groups is 1. The molecule has 1 aromatic rings. The number of hydrogen-bond acceptors (Lipinski definition) is 5. The number of rotatable bonds is 3. The van der Waals surface area contributed by atoms with Crippen LogP contribution in [0.1, 0.15) is 39.7 Å². The molecular formula is C18H24F2N4O2S. The minimum Gasteiger partial charge on any atom is -0.465 e. The third-order valence-electron chi connectivity index (χ3n) is 5.42. The zero-order chi connectivity index (χ0) is 20.4. The Morgan fingerprint density at radius 3 is 2.59 bits per heavy atom. The highest BCUT2D eigenvalue weighted by atomic mass is 32.2. The normalized spacial score (nSPS) is 29.7. The van der Waals surface area contributed by atoms with Gasteiger partial charge in [0.1, 0.15) is 0 Å². The van der Waals surface area contributed by atoms with Crippen molar-refractivity contribution in [1.29, 1.82) is 0 Å². The number of nitrogen functional groups attached to an aromatic ring is 1. The zero-order valence-corrected chi connectivity index (χ0v) is 16.5. The van der Waals surface area contributed by atoms with Gasteiger partial charge in [0, 0.05) is 34.0 Å². The van der Waals surface area contributed by atoms with Gasteiger partial charge in [-0.2, -0.15) is 0 Å². The molecule has 2 aliphatic rings. The molecule has 9 heteroatoms. The topological polar surface area (TPSA) is 105 Å². The predicted molar refractivity (Wildman–Crippen MR) is 103 cm³/mol. The van der Waals surface area contributed by atoms with Gasteiger partial charge in [0.15, 0.2) is 16.8 Å². The molecule has 0 unspecified atom stereocenters. The average molecular weight is 398 g/mol. The van der Waals surface area contributed by atoms with Crippen LogP contribution < -0.4 is 11.5 Å². The lowest BCUT2D eigenvalue weighted by Crippen LogP contribution is -2.51. The smallest absolute Gasteiger partial charge is 0.407 e. The third kappa shape index (κ3) is 3.22. The van der Waals surface area contributed by atoms with Crippen molar-refractivity contribution < 1.29 is 18.7 Å². The van der Waals surface area contributed by atoms with Gasteiger partial charge in [0.25, 0.3) is 0 Å². The van der Waals surface area contributed by atoms with Gasteiger partial charge in [0.2, 0.25) is 0 Å². The van der Waals surface area contributed by atoms with Crippen LogP contribution in [0.2, 0.25) is 0 Å². The van der Waals surface area contributed by atoms with Crippen molar-refractivity contribution in [3.05, 3.63) is 29.3 Å². The second-order valence-electron chi connectivity index (χ2n) is 8.42. The Morgan fingerprint density at radius 1 is 1.41 bits per heavy atom. The van der Waals surface area contributed by atoms with E-state index in [4.69, 9.17) is 11.5 Å². The highest BCUT2D eigenvalue weighted by Crippen LogP contribution is 2.66. The molecule has 1 aliphatic heterocycles. The van der Waals surface area contributed by atoms with Crippen LogP contribution in [0.25, 0.3) is 0 Å². The van der Waals surface area contributed by atoms with E-state index in [9.17, 15) is 18.7 Å². The molecule has 3 rings (SSSR count). The van der Waals surface area contributed by atoms with Gasteiger partial charge in [-0.15, -0.1) is 0 Å². The summed E-state index contributed by atoms with van der Waals surface area (Å²) in [6.45, 7) is 7.36. The van der Waals surface area contributed by atoms with Crippen LogP contribution in [0.5, 0.6) is 0 Å². The standard InChI is InChI=1S/C18H24F2N4O2S/c1-16(2,3)24(15(25)26)8-18-7-12(18)17(4,23-14(22)27-18)10-5-9(21)6-11(19)13(10)20/h5-6,12H,7-8,21H2,1-4H3,(H2,22,23)(H,25,26)/t12-,17+,18+/m0/s1. The van der Waals surface area contributed by atoms with E-state index in [1.165, 1.54) is 22.7 Å². The van der Waals surface area contributed by atoms with Crippen molar-refractivity contribution in [2.45, 2.75) is 49.9 Å². The minimum atomic E-state index is -1.11. The summed E-state index contributed by atoms with van der Waals surface area (Å²) >= 11 is 1.31. The summed E-state index contributed by atoms with van der Waals surface area (Å²) in [5.74, 6) is -2.23. The van der Waals surface area contributed by atoms with Crippen LogP contribution >= 0.6 is 11.8 Å². The molecule has 0 bridgehead atoms. The number of fused-ring (bicyclic) bond motifs is 1. The van der Waals surface area contributed by atoms with E-state index < -0.39 is 33.6 Å². The molecule has 6 nitrogen and oxygen atoms in total. The molecule has 148 valence electrons. The highest BCUT2D eigenvalue weighted by Gasteiger charge is 2.67. The summed E-state index contributed by atoms with van der Waals surface area (Å²) in [6, 6.07) is 2.31. The number of halogens is 2. The molecule has 27 heavy (non-hydrogen) atoms. The lowest BCUT2D eigenvalue weighted by Gasteiger charge is -2.39. The van der Waals surface area contributed by atoms with Gasteiger partial charge >= 0.3 is 6.09 Å². The van der Waals surface area contributed by atoms with Crippen LogP contribution in [0, 0.1) is 17.6 Å². The van der Waals surface area contributed by atoms with Crippen molar-refractivity contribution in [2.75, 3.05) is 12.3 Å². The van der Waals surface area contributed by atoms with E-state index in [0.29, 0.717) is 6.42 Å². The van der Waals surface area contributed by atoms with Gasteiger partial charge in [0.05, 0.1) is 5.54 Å². The number of thioether (sulfide) groups is 1. The van der Waals surface area contributed by atoms with Gasteiger partial charge in [-0.3, -0.25) is 4.99 Å². The van der Waals surface area contributed by atoms with Crippen LogP contribution in [-0.4, -0.2) is 38.1 Å². The van der Waals surface area contributed by atoms with Crippen molar-refractivity contribution in [3.63, 3.8) is 0 Å². The van der Waals surface area contributed by atoms with Crippen molar-refractivity contribution in [1.82, 2.24) is 4.90 Å². The molecule has 0 radical (unpaired) electrons. The van der Waals surface area contributed by atoms with E-state index in [-0.39, 0.29) is 28.9 Å². The fraction of sp³-hybridized carbons (Fsp3) is 0.556. The lowest BCUT2D eigenvalue weighted by molar-refractivity contribution is 0.0973. The largest absolute Gasteiger partial charge is 0.465 e. The minimum absolute atomic E-state index is 0.0489. The molecule has 1 aromatic carbocycles. The second kappa shape index (κ2) is 5.98. The van der Waals surface area contributed by atoms with E-state index in [0.717, 1.165) is 6.07 Å². The molecule has 1 fully saturated rings. The quantitative estimate of drug-likeness (QED) is 0.677. The molecule has 1 amide bonds. The molecule has 5 N–H and O–H groups in total. The van der Waals surface area contributed by atoms with Gasteiger partial charge in [-0.05, 0) is 46.2 Å². The average Bonchev–Trinajstić information content (AvgIpc) is 3.22. The SMILES string of the molecule is CC(C)(C)N(C[C@]12C[C@H]1[C@@](C)(c1cc(N)cc(F)c1F)N=C(N)S2)C(=O)O. The van der Waals surface area contributed by atoms with Gasteiger partial charge in [-0.1, -0.05) is 11.8 Å². The predicted octanol–water partition coefficient (Wildman–Crippen LogP) is 3.36. The fourth-order valence-corrected chi connectivity index (χ4v) is 5.41. The summed E-state index contributed by atoms with van der Waals surface area (Å²) in [7, 11) is 0. The van der Waals surface area contributed by atoms with Crippen molar-refractivity contribution >= 4 is 28.7 Å².